The van der Waals surface area contributed by atoms with Crippen LogP contribution in [0, 0.1) is 13.8 Å². The third-order valence-electron chi connectivity index (χ3n) is 3.84. The second kappa shape index (κ2) is 5.01. The van der Waals surface area contributed by atoms with Gasteiger partial charge >= 0.3 is 0 Å². The minimum atomic E-state index is 0.410. The molecule has 1 nitrogen and oxygen atoms in total. The first-order valence-corrected chi connectivity index (χ1v) is 6.49. The average molecular weight is 217 g/mol. The number of aryl methyl sites for hydroxylation is 2. The van der Waals surface area contributed by atoms with Crippen molar-refractivity contribution in [2.75, 3.05) is 0 Å². The maximum atomic E-state index is 6.15. The molecule has 2 N–H and O–H groups in total. The highest BCUT2D eigenvalue weighted by Gasteiger charge is 2.20. The minimum absolute atomic E-state index is 0.410. The van der Waals surface area contributed by atoms with Gasteiger partial charge in [-0.15, -0.1) is 0 Å². The van der Waals surface area contributed by atoms with Crippen LogP contribution < -0.4 is 5.73 Å². The average Bonchev–Trinajstić information content (AvgIpc) is 2.46. The standard InChI is InChI=1S/C15H23N/c1-11-7-8-12(2)15(9-11)13-5-3-4-6-14(16)10-13/h7-9,13-14H,3-6,10,16H2,1-2H3. The molecule has 0 bridgehead atoms. The van der Waals surface area contributed by atoms with Crippen molar-refractivity contribution in [3.8, 4) is 0 Å². The van der Waals surface area contributed by atoms with E-state index in [1.54, 1.807) is 0 Å². The Morgan fingerprint density at radius 3 is 2.69 bits per heavy atom. The van der Waals surface area contributed by atoms with E-state index < -0.39 is 0 Å². The van der Waals surface area contributed by atoms with E-state index in [0.29, 0.717) is 12.0 Å². The van der Waals surface area contributed by atoms with Crippen molar-refractivity contribution in [2.24, 2.45) is 5.73 Å². The van der Waals surface area contributed by atoms with E-state index in [4.69, 9.17) is 5.73 Å². The van der Waals surface area contributed by atoms with E-state index in [0.717, 1.165) is 0 Å². The summed E-state index contributed by atoms with van der Waals surface area (Å²) in [5.41, 5.74) is 10.5. The third kappa shape index (κ3) is 2.65. The summed E-state index contributed by atoms with van der Waals surface area (Å²) in [6.45, 7) is 4.41. The van der Waals surface area contributed by atoms with Crippen molar-refractivity contribution in [3.05, 3.63) is 34.9 Å². The van der Waals surface area contributed by atoms with Crippen LogP contribution in [-0.2, 0) is 0 Å². The molecule has 2 rings (SSSR count). The lowest BCUT2D eigenvalue weighted by Gasteiger charge is -2.20. The highest BCUT2D eigenvalue weighted by molar-refractivity contribution is 5.33. The molecule has 1 aliphatic carbocycles. The Hall–Kier alpha value is -0.820. The number of rotatable bonds is 1. The van der Waals surface area contributed by atoms with Gasteiger partial charge in [0.25, 0.3) is 0 Å². The van der Waals surface area contributed by atoms with Crippen molar-refractivity contribution < 1.29 is 0 Å². The van der Waals surface area contributed by atoms with E-state index in [1.807, 2.05) is 0 Å². The summed E-state index contributed by atoms with van der Waals surface area (Å²) >= 11 is 0. The van der Waals surface area contributed by atoms with Gasteiger partial charge < -0.3 is 5.73 Å². The topological polar surface area (TPSA) is 26.0 Å². The molecule has 1 aliphatic rings. The fourth-order valence-corrected chi connectivity index (χ4v) is 2.88. The Morgan fingerprint density at radius 2 is 1.88 bits per heavy atom. The summed E-state index contributed by atoms with van der Waals surface area (Å²) in [6, 6.07) is 7.22. The van der Waals surface area contributed by atoms with E-state index in [2.05, 4.69) is 32.0 Å². The van der Waals surface area contributed by atoms with Crippen LogP contribution in [0.1, 0.15) is 54.7 Å². The highest BCUT2D eigenvalue weighted by atomic mass is 14.6. The lowest BCUT2D eigenvalue weighted by atomic mass is 9.87. The smallest absolute Gasteiger partial charge is 0.00446 e. The molecule has 0 amide bonds. The number of hydrogen-bond acceptors (Lipinski definition) is 1. The zero-order chi connectivity index (χ0) is 11.5. The molecule has 0 radical (unpaired) electrons. The fraction of sp³-hybridized carbons (Fsp3) is 0.600. The Kier molecular flexibility index (Phi) is 3.65. The van der Waals surface area contributed by atoms with E-state index >= 15 is 0 Å². The zero-order valence-corrected chi connectivity index (χ0v) is 10.5. The molecule has 0 aromatic heterocycles. The van der Waals surface area contributed by atoms with Crippen LogP contribution in [0.15, 0.2) is 18.2 Å². The van der Waals surface area contributed by atoms with Crippen molar-refractivity contribution in [2.45, 2.75) is 57.9 Å². The molecule has 1 heteroatoms. The Bertz CT molecular complexity index is 356. The van der Waals surface area contributed by atoms with Crippen molar-refractivity contribution in [1.82, 2.24) is 0 Å². The monoisotopic (exact) mass is 217 g/mol. The number of benzene rings is 1. The molecule has 1 aromatic rings. The first-order chi connectivity index (χ1) is 7.66. The molecule has 1 saturated carbocycles. The lowest BCUT2D eigenvalue weighted by molar-refractivity contribution is 0.533. The van der Waals surface area contributed by atoms with Crippen molar-refractivity contribution in [1.29, 1.82) is 0 Å². The molecule has 0 heterocycles. The molecule has 2 unspecified atom stereocenters. The number of nitrogens with two attached hydrogens (primary N) is 1. The number of hydrogen-bond donors (Lipinski definition) is 1. The van der Waals surface area contributed by atoms with Gasteiger partial charge in [-0.2, -0.15) is 0 Å². The van der Waals surface area contributed by atoms with Gasteiger partial charge in [0.15, 0.2) is 0 Å². The van der Waals surface area contributed by atoms with E-state index in [9.17, 15) is 0 Å². The lowest BCUT2D eigenvalue weighted by Crippen LogP contribution is -2.21. The van der Waals surface area contributed by atoms with Crippen LogP contribution in [0.3, 0.4) is 0 Å². The molecule has 0 aliphatic heterocycles. The van der Waals surface area contributed by atoms with Crippen LogP contribution in [-0.4, -0.2) is 6.04 Å². The Balaban J connectivity index is 2.24. The molecule has 0 spiro atoms. The normalized spacial score (nSPS) is 26.4. The van der Waals surface area contributed by atoms with Gasteiger partial charge in [-0.25, -0.2) is 0 Å². The SMILES string of the molecule is Cc1ccc(C)c(C2CCCCC(N)C2)c1. The Morgan fingerprint density at radius 1 is 1.12 bits per heavy atom. The van der Waals surface area contributed by atoms with Gasteiger partial charge in [-0.1, -0.05) is 36.6 Å². The molecule has 1 aromatic carbocycles. The molecule has 0 saturated heterocycles. The first kappa shape index (κ1) is 11.7. The molecular formula is C15H23N. The molecular weight excluding hydrogens is 194 g/mol. The van der Waals surface area contributed by atoms with Gasteiger partial charge in [0, 0.05) is 6.04 Å². The van der Waals surface area contributed by atoms with E-state index in [-0.39, 0.29) is 0 Å². The van der Waals surface area contributed by atoms with Gasteiger partial charge in [0.2, 0.25) is 0 Å². The quantitative estimate of drug-likeness (QED) is 0.713. The molecule has 2 atom stereocenters. The first-order valence-electron chi connectivity index (χ1n) is 6.49. The van der Waals surface area contributed by atoms with Crippen LogP contribution in [0.5, 0.6) is 0 Å². The van der Waals surface area contributed by atoms with Gasteiger partial charge in [-0.05, 0) is 50.2 Å². The van der Waals surface area contributed by atoms with Gasteiger partial charge in [0.05, 0.1) is 0 Å². The molecule has 88 valence electrons. The van der Waals surface area contributed by atoms with Crippen molar-refractivity contribution >= 4 is 0 Å². The van der Waals surface area contributed by atoms with Crippen LogP contribution >= 0.6 is 0 Å². The van der Waals surface area contributed by atoms with E-state index in [1.165, 1.54) is 48.8 Å². The second-order valence-electron chi connectivity index (χ2n) is 5.34. The maximum Gasteiger partial charge on any atom is 0.00446 e. The summed E-state index contributed by atoms with van der Waals surface area (Å²) in [5.74, 6) is 0.692. The maximum absolute atomic E-state index is 6.15. The summed E-state index contributed by atoms with van der Waals surface area (Å²) in [7, 11) is 0. The fourth-order valence-electron chi connectivity index (χ4n) is 2.88. The second-order valence-corrected chi connectivity index (χ2v) is 5.34. The predicted molar refractivity (Wildman–Crippen MR) is 69.7 cm³/mol. The third-order valence-corrected chi connectivity index (χ3v) is 3.84. The van der Waals surface area contributed by atoms with Crippen molar-refractivity contribution in [3.63, 3.8) is 0 Å². The van der Waals surface area contributed by atoms with Crippen LogP contribution in [0.4, 0.5) is 0 Å². The van der Waals surface area contributed by atoms with Crippen LogP contribution in [0.25, 0.3) is 0 Å². The van der Waals surface area contributed by atoms with Gasteiger partial charge in [0.1, 0.15) is 0 Å². The van der Waals surface area contributed by atoms with Crippen LogP contribution in [0.2, 0.25) is 0 Å². The molecule has 16 heavy (non-hydrogen) atoms. The Labute approximate surface area is 99.0 Å². The molecule has 1 fully saturated rings. The summed E-state index contributed by atoms with van der Waals surface area (Å²) < 4.78 is 0. The highest BCUT2D eigenvalue weighted by Crippen LogP contribution is 2.33. The van der Waals surface area contributed by atoms with Gasteiger partial charge in [-0.3, -0.25) is 0 Å². The zero-order valence-electron chi connectivity index (χ0n) is 10.5. The summed E-state index contributed by atoms with van der Waals surface area (Å²) in [5, 5.41) is 0. The summed E-state index contributed by atoms with van der Waals surface area (Å²) in [4.78, 5) is 0. The predicted octanol–water partition coefficient (Wildman–Crippen LogP) is 3.68. The largest absolute Gasteiger partial charge is 0.328 e. The minimum Gasteiger partial charge on any atom is -0.328 e. The summed E-state index contributed by atoms with van der Waals surface area (Å²) in [6.07, 6.45) is 6.35.